The van der Waals surface area contributed by atoms with Crippen molar-refractivity contribution in [1.82, 2.24) is 0 Å². The molecule has 1 unspecified atom stereocenters. The first-order valence-corrected chi connectivity index (χ1v) is 13.7. The molecule has 2 N–H and O–H groups in total. The molecular weight excluding hydrogens is 569 g/mol. The molecule has 4 nitrogen and oxygen atoms in total. The van der Waals surface area contributed by atoms with Crippen molar-refractivity contribution in [1.29, 1.82) is 0 Å². The third kappa shape index (κ3) is 6.90. The van der Waals surface area contributed by atoms with Crippen molar-refractivity contribution in [2.45, 2.75) is 16.3 Å². The average molecular weight is 591 g/mol. The van der Waals surface area contributed by atoms with Gasteiger partial charge in [0.25, 0.3) is 5.91 Å². The molecule has 0 aliphatic carbocycles. The van der Waals surface area contributed by atoms with Crippen LogP contribution in [0.25, 0.3) is 10.8 Å². The van der Waals surface area contributed by atoms with Crippen molar-refractivity contribution in [3.8, 4) is 0 Å². The van der Waals surface area contributed by atoms with Crippen LogP contribution >= 0.6 is 23.4 Å². The first kappa shape index (κ1) is 28.3. The topological polar surface area (TPSA) is 58.2 Å². The predicted molar refractivity (Wildman–Crippen MR) is 158 cm³/mol. The summed E-state index contributed by atoms with van der Waals surface area (Å²) < 4.78 is 39.7. The van der Waals surface area contributed by atoms with Gasteiger partial charge in [0.1, 0.15) is 5.25 Å². The molecule has 0 saturated carbocycles. The molecule has 0 bridgehead atoms. The normalized spacial score (nSPS) is 12.1. The summed E-state index contributed by atoms with van der Waals surface area (Å²) in [5.41, 5.74) is 0.717. The van der Waals surface area contributed by atoms with E-state index in [1.54, 1.807) is 60.7 Å². The Morgan fingerprint density at radius 2 is 1.41 bits per heavy atom. The van der Waals surface area contributed by atoms with Gasteiger partial charge in [0, 0.05) is 16.1 Å². The summed E-state index contributed by atoms with van der Waals surface area (Å²) in [6.45, 7) is 0. The van der Waals surface area contributed by atoms with Crippen LogP contribution in [0.3, 0.4) is 0 Å². The molecule has 0 aliphatic heterocycles. The summed E-state index contributed by atoms with van der Waals surface area (Å²) in [5.74, 6) is -0.785. The molecule has 0 aliphatic rings. The third-order valence-electron chi connectivity index (χ3n) is 6.27. The van der Waals surface area contributed by atoms with Crippen LogP contribution in [0.15, 0.2) is 120 Å². The first-order valence-electron chi connectivity index (χ1n) is 12.5. The van der Waals surface area contributed by atoms with Crippen molar-refractivity contribution in [3.63, 3.8) is 0 Å². The molecule has 5 aromatic carbocycles. The Hall–Kier alpha value is -4.27. The van der Waals surface area contributed by atoms with Crippen LogP contribution in [0.2, 0.25) is 5.02 Å². The number of rotatable bonds is 7. The van der Waals surface area contributed by atoms with Crippen molar-refractivity contribution in [2.75, 3.05) is 10.6 Å². The molecule has 206 valence electrons. The van der Waals surface area contributed by atoms with Crippen molar-refractivity contribution >= 4 is 57.3 Å². The summed E-state index contributed by atoms with van der Waals surface area (Å²) in [6, 6.07) is 31.9. The number of carbonyl (C=O) groups excluding carboxylic acids is 2. The minimum atomic E-state index is -4.58. The van der Waals surface area contributed by atoms with Gasteiger partial charge in [0.2, 0.25) is 5.91 Å². The number of thioether (sulfide) groups is 1. The number of alkyl halides is 3. The Balaban J connectivity index is 1.32. The number of halogens is 4. The molecule has 5 rings (SSSR count). The second-order valence-electron chi connectivity index (χ2n) is 9.13. The maximum Gasteiger partial charge on any atom is 0.416 e. The largest absolute Gasteiger partial charge is 0.416 e. The zero-order valence-electron chi connectivity index (χ0n) is 21.3. The second-order valence-corrected chi connectivity index (χ2v) is 10.7. The highest BCUT2D eigenvalue weighted by molar-refractivity contribution is 8.00. The Labute approximate surface area is 243 Å². The molecule has 41 heavy (non-hydrogen) atoms. The number of carbonyl (C=O) groups is 2. The summed E-state index contributed by atoms with van der Waals surface area (Å²) in [4.78, 5) is 26.9. The number of amides is 2. The molecule has 0 aromatic heterocycles. The Morgan fingerprint density at radius 3 is 2.12 bits per heavy atom. The maximum atomic E-state index is 13.4. The smallest absolute Gasteiger partial charge is 0.323 e. The van der Waals surface area contributed by atoms with Crippen LogP contribution in [0.5, 0.6) is 0 Å². The van der Waals surface area contributed by atoms with Crippen LogP contribution in [0.1, 0.15) is 26.7 Å². The van der Waals surface area contributed by atoms with Gasteiger partial charge < -0.3 is 10.6 Å². The molecule has 0 fully saturated rings. The van der Waals surface area contributed by atoms with Crippen LogP contribution in [0, 0.1) is 0 Å². The van der Waals surface area contributed by atoms with Crippen LogP contribution < -0.4 is 10.6 Å². The predicted octanol–water partition coefficient (Wildman–Crippen LogP) is 9.24. The summed E-state index contributed by atoms with van der Waals surface area (Å²) in [6.07, 6.45) is -4.58. The van der Waals surface area contributed by atoms with Crippen molar-refractivity contribution in [3.05, 3.63) is 137 Å². The van der Waals surface area contributed by atoms with E-state index in [0.29, 0.717) is 21.7 Å². The van der Waals surface area contributed by atoms with Gasteiger partial charge in [0.05, 0.1) is 16.3 Å². The monoisotopic (exact) mass is 590 g/mol. The molecule has 0 saturated heterocycles. The standard InChI is InChI=1S/C32H22ClF3N2O2S/c33-27-17-12-24(32(34,35)36)19-28(27)38-31(40)29(21-7-2-1-3-8-21)41-26-15-13-25(14-16-26)37-30(39)23-11-10-20-6-4-5-9-22(20)18-23/h1-19,29H,(H,37,39)(H,38,40). The lowest BCUT2D eigenvalue weighted by Gasteiger charge is -2.18. The van der Waals surface area contributed by atoms with E-state index >= 15 is 0 Å². The Kier molecular flexibility index (Phi) is 8.33. The molecule has 0 heterocycles. The molecule has 5 aromatic rings. The average Bonchev–Trinajstić information content (AvgIpc) is 2.97. The van der Waals surface area contributed by atoms with Gasteiger partial charge in [-0.1, -0.05) is 72.3 Å². The summed E-state index contributed by atoms with van der Waals surface area (Å²) in [7, 11) is 0. The second kappa shape index (κ2) is 12.1. The van der Waals surface area contributed by atoms with E-state index in [1.165, 1.54) is 11.8 Å². The molecule has 0 spiro atoms. The molecule has 2 amide bonds. The van der Waals surface area contributed by atoms with Crippen LogP contribution in [-0.2, 0) is 11.0 Å². The Morgan fingerprint density at radius 1 is 0.732 bits per heavy atom. The van der Waals surface area contributed by atoms with Gasteiger partial charge in [-0.15, -0.1) is 11.8 Å². The fourth-order valence-electron chi connectivity index (χ4n) is 4.18. The van der Waals surface area contributed by atoms with Crippen molar-refractivity contribution in [2.24, 2.45) is 0 Å². The lowest BCUT2D eigenvalue weighted by molar-refractivity contribution is -0.137. The van der Waals surface area contributed by atoms with Gasteiger partial charge in [0.15, 0.2) is 0 Å². The Bertz CT molecular complexity index is 1710. The fourth-order valence-corrected chi connectivity index (χ4v) is 5.37. The van der Waals surface area contributed by atoms with Crippen LogP contribution in [0.4, 0.5) is 24.5 Å². The third-order valence-corrected chi connectivity index (χ3v) is 7.87. The number of anilines is 2. The van der Waals surface area contributed by atoms with E-state index in [1.807, 2.05) is 36.4 Å². The number of nitrogens with one attached hydrogen (secondary N) is 2. The molecule has 9 heteroatoms. The summed E-state index contributed by atoms with van der Waals surface area (Å²) >= 11 is 7.33. The minimum absolute atomic E-state index is 0.00494. The van der Waals surface area contributed by atoms with E-state index in [2.05, 4.69) is 10.6 Å². The van der Waals surface area contributed by atoms with Gasteiger partial charge in [-0.05, 0) is 70.9 Å². The highest BCUT2D eigenvalue weighted by Crippen LogP contribution is 2.38. The number of fused-ring (bicyclic) bond motifs is 1. The highest BCUT2D eigenvalue weighted by Gasteiger charge is 2.31. The van der Waals surface area contributed by atoms with E-state index in [9.17, 15) is 22.8 Å². The van der Waals surface area contributed by atoms with Crippen LogP contribution in [-0.4, -0.2) is 11.8 Å². The molecule has 1 atom stereocenters. The molecule has 0 radical (unpaired) electrons. The SMILES string of the molecule is O=C(Nc1ccc(SC(C(=O)Nc2cc(C(F)(F)F)ccc2Cl)c2ccccc2)cc1)c1ccc2ccccc2c1. The fraction of sp³-hybridized carbons (Fsp3) is 0.0625. The van der Waals surface area contributed by atoms with E-state index in [-0.39, 0.29) is 16.6 Å². The number of hydrogen-bond acceptors (Lipinski definition) is 3. The lowest BCUT2D eigenvalue weighted by atomic mass is 10.1. The van der Waals surface area contributed by atoms with Gasteiger partial charge >= 0.3 is 6.18 Å². The number of hydrogen-bond donors (Lipinski definition) is 2. The minimum Gasteiger partial charge on any atom is -0.323 e. The van der Waals surface area contributed by atoms with E-state index in [0.717, 1.165) is 29.0 Å². The highest BCUT2D eigenvalue weighted by atomic mass is 35.5. The van der Waals surface area contributed by atoms with Gasteiger partial charge in [-0.25, -0.2) is 0 Å². The lowest BCUT2D eigenvalue weighted by Crippen LogP contribution is -2.19. The number of benzene rings is 5. The zero-order chi connectivity index (χ0) is 29.0. The van der Waals surface area contributed by atoms with Crippen molar-refractivity contribution < 1.29 is 22.8 Å². The summed E-state index contributed by atoms with van der Waals surface area (Å²) in [5, 5.41) is 6.65. The van der Waals surface area contributed by atoms with Gasteiger partial charge in [-0.2, -0.15) is 13.2 Å². The van der Waals surface area contributed by atoms with E-state index < -0.39 is 22.9 Å². The first-order chi connectivity index (χ1) is 19.7. The maximum absolute atomic E-state index is 13.4. The van der Waals surface area contributed by atoms with Gasteiger partial charge in [-0.3, -0.25) is 9.59 Å². The quantitative estimate of drug-likeness (QED) is 0.186. The zero-order valence-corrected chi connectivity index (χ0v) is 22.9. The van der Waals surface area contributed by atoms with E-state index in [4.69, 9.17) is 11.6 Å². The molecular formula is C32H22ClF3N2O2S.